The van der Waals surface area contributed by atoms with Crippen molar-refractivity contribution in [3.8, 4) is 28.2 Å². The number of rotatable bonds is 3. The van der Waals surface area contributed by atoms with Gasteiger partial charge in [-0.1, -0.05) is 42.0 Å². The molecule has 0 saturated heterocycles. The molecule has 0 saturated carbocycles. The van der Waals surface area contributed by atoms with E-state index in [1.165, 1.54) is 47.6 Å². The van der Waals surface area contributed by atoms with E-state index in [2.05, 4.69) is 15.0 Å². The first-order valence-corrected chi connectivity index (χ1v) is 9.63. The summed E-state index contributed by atoms with van der Waals surface area (Å²) in [5, 5.41) is 0. The second kappa shape index (κ2) is 9.60. The molecule has 0 aliphatic heterocycles. The molecule has 2 aromatic heterocycles. The number of hydrogen-bond acceptors (Lipinski definition) is 5. The van der Waals surface area contributed by atoms with Gasteiger partial charge >= 0.3 is 17.7 Å². The molecule has 4 rings (SSSR count). The number of aromatic nitrogens is 4. The first-order valence-electron chi connectivity index (χ1n) is 8.97. The molecule has 11 heteroatoms. The first-order chi connectivity index (χ1) is 15.2. The maximum atomic E-state index is 13.6. The molecule has 0 unspecified atom stereocenters. The number of imidazole rings is 1. The van der Waals surface area contributed by atoms with E-state index < -0.39 is 29.4 Å². The second-order valence-corrected chi connectivity index (χ2v) is 6.64. The predicted octanol–water partition coefficient (Wildman–Crippen LogP) is 4.79. The fourth-order valence-electron chi connectivity index (χ4n) is 2.95. The number of alkyl halides is 3. The fraction of sp³-hybridized carbons (Fsp3) is 0.0952. The van der Waals surface area contributed by atoms with Crippen LogP contribution >= 0.6 is 0 Å². The molecular formula is C21H14F4N4O2S. The minimum atomic E-state index is -4.74. The molecule has 0 N–H and O–H groups in total. The molecule has 4 aromatic rings. The van der Waals surface area contributed by atoms with E-state index in [0.717, 1.165) is 5.56 Å². The first kappa shape index (κ1) is 22.9. The van der Waals surface area contributed by atoms with E-state index in [4.69, 9.17) is 8.42 Å². The van der Waals surface area contributed by atoms with Crippen molar-refractivity contribution in [1.29, 1.82) is 0 Å². The van der Waals surface area contributed by atoms with Crippen molar-refractivity contribution in [2.45, 2.75) is 13.1 Å². The molecule has 0 fully saturated rings. The van der Waals surface area contributed by atoms with Crippen LogP contribution in [0.2, 0.25) is 0 Å². The minimum Gasteiger partial charge on any atom is -0.290 e. The Labute approximate surface area is 183 Å². The highest BCUT2D eigenvalue weighted by Crippen LogP contribution is 2.38. The summed E-state index contributed by atoms with van der Waals surface area (Å²) < 4.78 is 72.1. The Morgan fingerprint density at radius 2 is 1.50 bits per heavy atom. The Bertz CT molecular complexity index is 1240. The number of benzene rings is 2. The van der Waals surface area contributed by atoms with E-state index >= 15 is 0 Å². The SMILES string of the molecule is Cc1ccc(-c2nc(C(F)(F)F)nc(-n3ccnc3)c2-c2ccc(F)cc2)cc1.O=S=O. The molecule has 32 heavy (non-hydrogen) atoms. The zero-order chi connectivity index (χ0) is 23.3. The highest BCUT2D eigenvalue weighted by molar-refractivity contribution is 7.51. The summed E-state index contributed by atoms with van der Waals surface area (Å²) in [6, 6.07) is 12.4. The maximum Gasteiger partial charge on any atom is 0.451 e. The molecule has 0 radical (unpaired) electrons. The molecule has 0 amide bonds. The predicted molar refractivity (Wildman–Crippen MR) is 109 cm³/mol. The molecule has 2 heterocycles. The summed E-state index contributed by atoms with van der Waals surface area (Å²) >= 11 is -0.750. The maximum absolute atomic E-state index is 13.6. The number of hydrogen-bond donors (Lipinski definition) is 0. The Morgan fingerprint density at radius 1 is 0.906 bits per heavy atom. The van der Waals surface area contributed by atoms with Gasteiger partial charge in [0.2, 0.25) is 5.82 Å². The summed E-state index contributed by atoms with van der Waals surface area (Å²) in [4.78, 5) is 11.5. The van der Waals surface area contributed by atoms with Gasteiger partial charge in [-0.25, -0.2) is 19.3 Å². The zero-order valence-corrected chi connectivity index (χ0v) is 17.2. The lowest BCUT2D eigenvalue weighted by molar-refractivity contribution is -0.144. The van der Waals surface area contributed by atoms with Crippen molar-refractivity contribution < 1.29 is 26.0 Å². The number of aryl methyl sites for hydroxylation is 1. The van der Waals surface area contributed by atoms with E-state index in [1.807, 2.05) is 6.92 Å². The summed E-state index contributed by atoms with van der Waals surface area (Å²) in [5.74, 6) is -1.71. The molecule has 0 aliphatic carbocycles. The number of halogens is 4. The molecular weight excluding hydrogens is 448 g/mol. The van der Waals surface area contributed by atoms with Crippen molar-refractivity contribution in [2.24, 2.45) is 0 Å². The monoisotopic (exact) mass is 462 g/mol. The van der Waals surface area contributed by atoms with Crippen LogP contribution in [-0.4, -0.2) is 27.9 Å². The van der Waals surface area contributed by atoms with Gasteiger partial charge in [0.1, 0.15) is 12.1 Å². The highest BCUT2D eigenvalue weighted by atomic mass is 32.1. The van der Waals surface area contributed by atoms with Crippen LogP contribution in [0.1, 0.15) is 11.4 Å². The summed E-state index contributed by atoms with van der Waals surface area (Å²) in [7, 11) is 0. The Hall–Kier alpha value is -3.73. The largest absolute Gasteiger partial charge is 0.451 e. The number of nitrogens with zero attached hydrogens (tertiary/aromatic N) is 4. The van der Waals surface area contributed by atoms with Crippen LogP contribution in [-0.2, 0) is 17.7 Å². The summed E-state index contributed by atoms with van der Waals surface area (Å²) in [6.45, 7) is 1.88. The van der Waals surface area contributed by atoms with Crippen LogP contribution in [0.15, 0.2) is 67.3 Å². The highest BCUT2D eigenvalue weighted by Gasteiger charge is 2.37. The summed E-state index contributed by atoms with van der Waals surface area (Å²) in [6.07, 6.45) is -0.450. The summed E-state index contributed by atoms with van der Waals surface area (Å²) in [5.41, 5.74) is 2.38. The zero-order valence-electron chi connectivity index (χ0n) is 16.4. The molecule has 164 valence electrons. The molecule has 6 nitrogen and oxygen atoms in total. The molecule has 0 atom stereocenters. The fourth-order valence-corrected chi connectivity index (χ4v) is 2.95. The van der Waals surface area contributed by atoms with Gasteiger partial charge in [0.15, 0.2) is 5.82 Å². The van der Waals surface area contributed by atoms with Crippen LogP contribution < -0.4 is 0 Å². The van der Waals surface area contributed by atoms with Crippen LogP contribution in [0, 0.1) is 12.7 Å². The van der Waals surface area contributed by atoms with Crippen LogP contribution in [0.25, 0.3) is 28.2 Å². The van der Waals surface area contributed by atoms with Gasteiger partial charge < -0.3 is 0 Å². The lowest BCUT2D eigenvalue weighted by atomic mass is 9.98. The van der Waals surface area contributed by atoms with Crippen molar-refractivity contribution >= 4 is 11.6 Å². The van der Waals surface area contributed by atoms with E-state index in [1.54, 1.807) is 24.3 Å². The van der Waals surface area contributed by atoms with Gasteiger partial charge in [0, 0.05) is 18.0 Å². The molecule has 0 spiro atoms. The van der Waals surface area contributed by atoms with E-state index in [0.29, 0.717) is 16.7 Å². The molecule has 0 aliphatic rings. The van der Waals surface area contributed by atoms with Crippen LogP contribution in [0.4, 0.5) is 17.6 Å². The third-order valence-corrected chi connectivity index (χ3v) is 4.35. The third kappa shape index (κ3) is 5.11. The van der Waals surface area contributed by atoms with Gasteiger partial charge in [0.25, 0.3) is 0 Å². The lowest BCUT2D eigenvalue weighted by Crippen LogP contribution is -2.15. The standard InChI is InChI=1S/C21H14F4N4.O2S/c1-13-2-4-15(5-3-13)18-17(14-6-8-16(22)9-7-14)19(29-11-10-26-12-29)28-20(27-18)21(23,24)25;1-3-2/h2-12H,1H3;. The van der Waals surface area contributed by atoms with Gasteiger partial charge in [-0.15, -0.1) is 0 Å². The van der Waals surface area contributed by atoms with Gasteiger partial charge in [0.05, 0.1) is 11.3 Å². The third-order valence-electron chi connectivity index (χ3n) is 4.35. The Morgan fingerprint density at radius 3 is 2.03 bits per heavy atom. The van der Waals surface area contributed by atoms with Crippen molar-refractivity contribution in [1.82, 2.24) is 19.5 Å². The van der Waals surface area contributed by atoms with Gasteiger partial charge in [-0.3, -0.25) is 4.57 Å². The van der Waals surface area contributed by atoms with Crippen molar-refractivity contribution in [2.75, 3.05) is 0 Å². The quantitative estimate of drug-likeness (QED) is 0.409. The average Bonchev–Trinajstić information content (AvgIpc) is 3.29. The van der Waals surface area contributed by atoms with Crippen molar-refractivity contribution in [3.05, 3.63) is 84.5 Å². The Balaban J connectivity index is 0.000000913. The topological polar surface area (TPSA) is 77.7 Å². The normalized spacial score (nSPS) is 10.9. The molecule has 0 bridgehead atoms. The van der Waals surface area contributed by atoms with E-state index in [-0.39, 0.29) is 11.5 Å². The van der Waals surface area contributed by atoms with Crippen LogP contribution in [0.5, 0.6) is 0 Å². The van der Waals surface area contributed by atoms with Gasteiger partial charge in [-0.2, -0.15) is 21.6 Å². The molecule has 2 aromatic carbocycles. The van der Waals surface area contributed by atoms with Crippen molar-refractivity contribution in [3.63, 3.8) is 0 Å². The second-order valence-electron chi connectivity index (χ2n) is 6.50. The Kier molecular flexibility index (Phi) is 6.89. The van der Waals surface area contributed by atoms with Crippen LogP contribution in [0.3, 0.4) is 0 Å². The minimum absolute atomic E-state index is 0.00649. The average molecular weight is 462 g/mol. The lowest BCUT2D eigenvalue weighted by Gasteiger charge is -2.17. The smallest absolute Gasteiger partial charge is 0.290 e. The van der Waals surface area contributed by atoms with E-state index in [9.17, 15) is 17.6 Å². The van der Waals surface area contributed by atoms with Gasteiger partial charge in [-0.05, 0) is 24.6 Å².